The number of hydrogen-bond donors (Lipinski definition) is 0. The molecule has 21 heavy (non-hydrogen) atoms. The lowest BCUT2D eigenvalue weighted by atomic mass is 9.78. The molecule has 1 aromatic carbocycles. The Balaban J connectivity index is 2.92. The molecule has 114 valence electrons. The number of rotatable bonds is 1. The minimum absolute atomic E-state index is 0.147. The summed E-state index contributed by atoms with van der Waals surface area (Å²) < 4.78 is 11.2. The number of esters is 1. The summed E-state index contributed by atoms with van der Waals surface area (Å²) in [6.07, 6.45) is 1.68. The number of fused-ring (bicyclic) bond motifs is 1. The van der Waals surface area contributed by atoms with E-state index in [0.29, 0.717) is 5.75 Å². The van der Waals surface area contributed by atoms with Crippen LogP contribution in [0.25, 0.3) is 11.0 Å². The molecular weight excluding hydrogens is 264 g/mol. The van der Waals surface area contributed by atoms with Crippen molar-refractivity contribution in [3.8, 4) is 5.75 Å². The van der Waals surface area contributed by atoms with E-state index in [1.165, 1.54) is 6.92 Å². The SMILES string of the molecule is CC(=O)Oc1c(C(C)(C)C)cc2occc2c1C(C)(C)C. The van der Waals surface area contributed by atoms with Gasteiger partial charge in [-0.15, -0.1) is 0 Å². The Kier molecular flexibility index (Phi) is 3.64. The van der Waals surface area contributed by atoms with Gasteiger partial charge in [-0.05, 0) is 23.0 Å². The van der Waals surface area contributed by atoms with Crippen LogP contribution < -0.4 is 4.74 Å². The molecule has 1 heterocycles. The molecule has 0 aliphatic carbocycles. The number of carbonyl (C=O) groups is 1. The van der Waals surface area contributed by atoms with E-state index in [9.17, 15) is 4.79 Å². The Bertz CT molecular complexity index is 679. The lowest BCUT2D eigenvalue weighted by Gasteiger charge is -2.29. The van der Waals surface area contributed by atoms with Crippen LogP contribution in [0, 0.1) is 0 Å². The average molecular weight is 288 g/mol. The van der Waals surface area contributed by atoms with Gasteiger partial charge in [0.1, 0.15) is 11.3 Å². The molecule has 0 saturated carbocycles. The molecule has 0 bridgehead atoms. The van der Waals surface area contributed by atoms with Crippen molar-refractivity contribution in [2.24, 2.45) is 0 Å². The van der Waals surface area contributed by atoms with Crippen molar-refractivity contribution in [3.05, 3.63) is 29.5 Å². The van der Waals surface area contributed by atoms with Gasteiger partial charge in [0.25, 0.3) is 0 Å². The first-order valence-electron chi connectivity index (χ1n) is 7.25. The molecule has 0 fully saturated rings. The van der Waals surface area contributed by atoms with E-state index >= 15 is 0 Å². The van der Waals surface area contributed by atoms with Gasteiger partial charge in [0.2, 0.25) is 0 Å². The van der Waals surface area contributed by atoms with Gasteiger partial charge in [-0.25, -0.2) is 0 Å². The van der Waals surface area contributed by atoms with Crippen molar-refractivity contribution in [2.45, 2.75) is 59.3 Å². The van der Waals surface area contributed by atoms with Gasteiger partial charge in [-0.2, -0.15) is 0 Å². The number of furan rings is 1. The quantitative estimate of drug-likeness (QED) is 0.550. The Morgan fingerprint density at radius 2 is 1.71 bits per heavy atom. The summed E-state index contributed by atoms with van der Waals surface area (Å²) in [7, 11) is 0. The third-order valence-electron chi connectivity index (χ3n) is 3.52. The van der Waals surface area contributed by atoms with Crippen molar-refractivity contribution >= 4 is 16.9 Å². The molecule has 3 heteroatoms. The Labute approximate surface area is 126 Å². The van der Waals surface area contributed by atoms with E-state index in [1.54, 1.807) is 6.26 Å². The molecule has 0 amide bonds. The highest BCUT2D eigenvalue weighted by atomic mass is 16.5. The van der Waals surface area contributed by atoms with Crippen LogP contribution in [0.4, 0.5) is 0 Å². The minimum atomic E-state index is -0.297. The van der Waals surface area contributed by atoms with E-state index in [0.717, 1.165) is 22.1 Å². The monoisotopic (exact) mass is 288 g/mol. The van der Waals surface area contributed by atoms with Crippen LogP contribution in [-0.2, 0) is 15.6 Å². The Morgan fingerprint density at radius 3 is 2.19 bits per heavy atom. The second kappa shape index (κ2) is 4.90. The van der Waals surface area contributed by atoms with E-state index in [2.05, 4.69) is 41.5 Å². The number of ether oxygens (including phenoxy) is 1. The van der Waals surface area contributed by atoms with Gasteiger partial charge in [0.05, 0.1) is 6.26 Å². The van der Waals surface area contributed by atoms with Crippen LogP contribution in [0.15, 0.2) is 22.8 Å². The van der Waals surface area contributed by atoms with E-state index < -0.39 is 0 Å². The first-order valence-corrected chi connectivity index (χ1v) is 7.25. The van der Waals surface area contributed by atoms with Gasteiger partial charge in [-0.1, -0.05) is 41.5 Å². The van der Waals surface area contributed by atoms with E-state index in [4.69, 9.17) is 9.15 Å². The predicted molar refractivity (Wildman–Crippen MR) is 84.9 cm³/mol. The van der Waals surface area contributed by atoms with Crippen LogP contribution >= 0.6 is 0 Å². The molecule has 2 rings (SSSR count). The normalized spacial score (nSPS) is 12.7. The maximum Gasteiger partial charge on any atom is 0.308 e. The molecule has 2 aromatic rings. The molecule has 0 atom stereocenters. The van der Waals surface area contributed by atoms with Crippen molar-refractivity contribution in [1.29, 1.82) is 0 Å². The lowest BCUT2D eigenvalue weighted by Crippen LogP contribution is -2.21. The highest BCUT2D eigenvalue weighted by Gasteiger charge is 2.30. The molecule has 1 aromatic heterocycles. The first kappa shape index (κ1) is 15.6. The fraction of sp³-hybridized carbons (Fsp3) is 0.500. The zero-order chi connectivity index (χ0) is 16.0. The number of hydrogen-bond acceptors (Lipinski definition) is 3. The third kappa shape index (κ3) is 2.97. The summed E-state index contributed by atoms with van der Waals surface area (Å²) in [4.78, 5) is 11.6. The standard InChI is InChI=1S/C18H24O3/c1-11(19)21-16-13(17(2,3)4)10-14-12(8-9-20-14)15(16)18(5,6)7/h8-10H,1-7H3. The summed E-state index contributed by atoms with van der Waals surface area (Å²) in [6, 6.07) is 3.93. The number of benzene rings is 1. The van der Waals surface area contributed by atoms with Crippen molar-refractivity contribution in [1.82, 2.24) is 0 Å². The second-order valence-corrected chi connectivity index (χ2v) is 7.55. The van der Waals surface area contributed by atoms with E-state index in [-0.39, 0.29) is 16.8 Å². The predicted octanol–water partition coefficient (Wildman–Crippen LogP) is 4.95. The zero-order valence-electron chi connectivity index (χ0n) is 14.0. The molecule has 0 saturated heterocycles. The van der Waals surface area contributed by atoms with Crippen LogP contribution in [0.2, 0.25) is 0 Å². The molecule has 0 radical (unpaired) electrons. The minimum Gasteiger partial charge on any atom is -0.464 e. The van der Waals surface area contributed by atoms with Crippen LogP contribution in [0.1, 0.15) is 59.6 Å². The molecule has 0 unspecified atom stereocenters. The Hall–Kier alpha value is -1.77. The lowest BCUT2D eigenvalue weighted by molar-refractivity contribution is -0.132. The van der Waals surface area contributed by atoms with Crippen molar-refractivity contribution < 1.29 is 13.9 Å². The fourth-order valence-corrected chi connectivity index (χ4v) is 2.64. The maximum atomic E-state index is 11.6. The van der Waals surface area contributed by atoms with Crippen LogP contribution in [-0.4, -0.2) is 5.97 Å². The van der Waals surface area contributed by atoms with Gasteiger partial charge < -0.3 is 9.15 Å². The average Bonchev–Trinajstić information content (AvgIpc) is 2.71. The third-order valence-corrected chi connectivity index (χ3v) is 3.52. The van der Waals surface area contributed by atoms with Crippen molar-refractivity contribution in [2.75, 3.05) is 0 Å². The summed E-state index contributed by atoms with van der Waals surface area (Å²) in [5, 5.41) is 1.01. The number of carbonyl (C=O) groups excluding carboxylic acids is 1. The van der Waals surface area contributed by atoms with Crippen LogP contribution in [0.5, 0.6) is 5.75 Å². The summed E-state index contributed by atoms with van der Waals surface area (Å²) in [5.74, 6) is 0.380. The highest BCUT2D eigenvalue weighted by Crippen LogP contribution is 2.44. The maximum absolute atomic E-state index is 11.6. The zero-order valence-corrected chi connectivity index (χ0v) is 14.0. The van der Waals surface area contributed by atoms with Crippen LogP contribution in [0.3, 0.4) is 0 Å². The molecule has 0 N–H and O–H groups in total. The van der Waals surface area contributed by atoms with Gasteiger partial charge >= 0.3 is 5.97 Å². The summed E-state index contributed by atoms with van der Waals surface area (Å²) in [5.41, 5.74) is 2.54. The molecule has 0 aliphatic heterocycles. The van der Waals surface area contributed by atoms with Gasteiger partial charge in [-0.3, -0.25) is 4.79 Å². The largest absolute Gasteiger partial charge is 0.464 e. The molecule has 3 nitrogen and oxygen atoms in total. The topological polar surface area (TPSA) is 39.4 Å². The first-order chi connectivity index (χ1) is 9.51. The van der Waals surface area contributed by atoms with Gasteiger partial charge in [0.15, 0.2) is 0 Å². The van der Waals surface area contributed by atoms with E-state index in [1.807, 2.05) is 12.1 Å². The second-order valence-electron chi connectivity index (χ2n) is 7.55. The fourth-order valence-electron chi connectivity index (χ4n) is 2.64. The molecule has 0 aliphatic rings. The summed E-state index contributed by atoms with van der Waals surface area (Å²) >= 11 is 0. The highest BCUT2D eigenvalue weighted by molar-refractivity contribution is 5.88. The molecule has 0 spiro atoms. The smallest absolute Gasteiger partial charge is 0.308 e. The van der Waals surface area contributed by atoms with Gasteiger partial charge in [0, 0.05) is 23.4 Å². The summed E-state index contributed by atoms with van der Waals surface area (Å²) in [6.45, 7) is 14.1. The Morgan fingerprint density at radius 1 is 1.10 bits per heavy atom. The molecular formula is C18H24O3. The van der Waals surface area contributed by atoms with Crippen molar-refractivity contribution in [3.63, 3.8) is 0 Å².